The molecule has 8 nitrogen and oxygen atoms in total. The predicted molar refractivity (Wildman–Crippen MR) is 136 cm³/mol. The molecule has 2 heterocycles. The van der Waals surface area contributed by atoms with Gasteiger partial charge in [-0.15, -0.1) is 0 Å². The second kappa shape index (κ2) is 10.2. The van der Waals surface area contributed by atoms with Crippen molar-refractivity contribution >= 4 is 22.6 Å². The molecule has 1 aliphatic heterocycles. The number of rotatable bonds is 6. The van der Waals surface area contributed by atoms with Gasteiger partial charge in [-0.25, -0.2) is 4.79 Å². The molecule has 186 valence electrons. The number of H-pyrrole nitrogens is 1. The molecule has 1 saturated heterocycles. The Kier molecular flexibility index (Phi) is 6.81. The molecule has 3 aromatic rings. The van der Waals surface area contributed by atoms with Crippen LogP contribution in [0.2, 0.25) is 0 Å². The number of nitrogens with zero attached hydrogens (tertiary/aromatic N) is 1. The van der Waals surface area contributed by atoms with Gasteiger partial charge in [0.1, 0.15) is 23.1 Å². The first kappa shape index (κ1) is 23.5. The van der Waals surface area contributed by atoms with Gasteiger partial charge in [0.05, 0.1) is 12.6 Å². The van der Waals surface area contributed by atoms with Crippen molar-refractivity contribution in [2.24, 2.45) is 5.92 Å². The minimum atomic E-state index is -0.110. The van der Waals surface area contributed by atoms with Gasteiger partial charge in [0.2, 0.25) is 5.91 Å². The number of hydrogen-bond acceptors (Lipinski definition) is 5. The molecule has 0 bridgehead atoms. The molecule has 1 saturated carbocycles. The molecule has 0 radical (unpaired) electrons. The van der Waals surface area contributed by atoms with Crippen LogP contribution in [0.5, 0.6) is 11.5 Å². The molecule has 2 fully saturated rings. The SMILES string of the molecule is COc1cc(NC(=O)C2CCC(n3c(=O)[nH]c4c(OC5CCNCC5)cccc43)CC2)ccc1C. The Labute approximate surface area is 205 Å². The van der Waals surface area contributed by atoms with Crippen LogP contribution in [0.25, 0.3) is 11.0 Å². The fraction of sp³-hybridized carbons (Fsp3) is 0.481. The maximum atomic E-state index is 13.0. The second-order valence-electron chi connectivity index (χ2n) is 9.70. The number of anilines is 1. The highest BCUT2D eigenvalue weighted by atomic mass is 16.5. The average molecular weight is 479 g/mol. The van der Waals surface area contributed by atoms with E-state index in [0.29, 0.717) is 0 Å². The van der Waals surface area contributed by atoms with E-state index in [-0.39, 0.29) is 29.7 Å². The number of carbonyl (C=O) groups is 1. The highest BCUT2D eigenvalue weighted by molar-refractivity contribution is 5.92. The van der Waals surface area contributed by atoms with Gasteiger partial charge in [-0.2, -0.15) is 0 Å². The Balaban J connectivity index is 1.26. The molecule has 0 unspecified atom stereocenters. The van der Waals surface area contributed by atoms with Gasteiger partial charge in [0, 0.05) is 23.7 Å². The van der Waals surface area contributed by atoms with Crippen molar-refractivity contribution in [3.8, 4) is 11.5 Å². The Morgan fingerprint density at radius 1 is 1.03 bits per heavy atom. The number of amides is 1. The number of para-hydroxylation sites is 1. The van der Waals surface area contributed by atoms with Crippen LogP contribution in [-0.4, -0.2) is 41.8 Å². The number of aryl methyl sites for hydroxylation is 1. The normalized spacial score (nSPS) is 21.1. The zero-order chi connectivity index (χ0) is 24.4. The van der Waals surface area contributed by atoms with Gasteiger partial charge in [-0.05, 0) is 82.3 Å². The summed E-state index contributed by atoms with van der Waals surface area (Å²) in [5.74, 6) is 1.46. The molecule has 1 amide bonds. The summed E-state index contributed by atoms with van der Waals surface area (Å²) in [4.78, 5) is 28.9. The number of benzene rings is 2. The number of nitrogens with one attached hydrogen (secondary N) is 3. The third kappa shape index (κ3) is 4.93. The van der Waals surface area contributed by atoms with Crippen molar-refractivity contribution in [2.75, 3.05) is 25.5 Å². The van der Waals surface area contributed by atoms with Crippen LogP contribution >= 0.6 is 0 Å². The predicted octanol–water partition coefficient (Wildman–Crippen LogP) is 4.15. The molecular formula is C27H34N4O4. The summed E-state index contributed by atoms with van der Waals surface area (Å²) >= 11 is 0. The first-order chi connectivity index (χ1) is 17.0. The van der Waals surface area contributed by atoms with Gasteiger partial charge in [0.25, 0.3) is 0 Å². The van der Waals surface area contributed by atoms with E-state index in [4.69, 9.17) is 9.47 Å². The van der Waals surface area contributed by atoms with E-state index in [2.05, 4.69) is 15.6 Å². The highest BCUT2D eigenvalue weighted by Crippen LogP contribution is 2.35. The number of aromatic amines is 1. The minimum Gasteiger partial charge on any atom is -0.496 e. The lowest BCUT2D eigenvalue weighted by molar-refractivity contribution is -0.121. The third-order valence-corrected chi connectivity index (χ3v) is 7.40. The van der Waals surface area contributed by atoms with Crippen LogP contribution in [0.1, 0.15) is 50.1 Å². The fourth-order valence-corrected chi connectivity index (χ4v) is 5.41. The summed E-state index contributed by atoms with van der Waals surface area (Å²) in [6.07, 6.45) is 5.12. The smallest absolute Gasteiger partial charge is 0.326 e. The summed E-state index contributed by atoms with van der Waals surface area (Å²) in [5, 5.41) is 6.39. The second-order valence-corrected chi connectivity index (χ2v) is 9.70. The van der Waals surface area contributed by atoms with Crippen molar-refractivity contribution in [1.29, 1.82) is 0 Å². The van der Waals surface area contributed by atoms with E-state index in [1.54, 1.807) is 7.11 Å². The number of piperidine rings is 1. The molecule has 2 aromatic carbocycles. The minimum absolute atomic E-state index is 0.0262. The van der Waals surface area contributed by atoms with Crippen molar-refractivity contribution in [3.05, 3.63) is 52.4 Å². The quantitative estimate of drug-likeness (QED) is 0.495. The van der Waals surface area contributed by atoms with Crippen LogP contribution < -0.4 is 25.8 Å². The monoisotopic (exact) mass is 478 g/mol. The number of methoxy groups -OCH3 is 1. The number of aromatic nitrogens is 2. The lowest BCUT2D eigenvalue weighted by Gasteiger charge is -2.28. The topological polar surface area (TPSA) is 97.4 Å². The summed E-state index contributed by atoms with van der Waals surface area (Å²) in [7, 11) is 1.63. The van der Waals surface area contributed by atoms with Gasteiger partial charge in [-0.1, -0.05) is 12.1 Å². The molecule has 2 aliphatic rings. The van der Waals surface area contributed by atoms with Crippen LogP contribution in [0, 0.1) is 12.8 Å². The summed E-state index contributed by atoms with van der Waals surface area (Å²) < 4.78 is 13.5. The van der Waals surface area contributed by atoms with E-state index >= 15 is 0 Å². The summed E-state index contributed by atoms with van der Waals surface area (Å²) in [6, 6.07) is 11.6. The van der Waals surface area contributed by atoms with E-state index in [0.717, 1.165) is 85.4 Å². The maximum absolute atomic E-state index is 13.0. The Bertz CT molecular complexity index is 1250. The number of imidazole rings is 1. The van der Waals surface area contributed by atoms with Gasteiger partial charge >= 0.3 is 5.69 Å². The van der Waals surface area contributed by atoms with Crippen molar-refractivity contribution in [3.63, 3.8) is 0 Å². The molecule has 1 aromatic heterocycles. The summed E-state index contributed by atoms with van der Waals surface area (Å²) in [6.45, 7) is 3.87. The van der Waals surface area contributed by atoms with Gasteiger partial charge in [0.15, 0.2) is 0 Å². The Morgan fingerprint density at radius 2 is 1.80 bits per heavy atom. The average Bonchev–Trinajstić information content (AvgIpc) is 3.22. The van der Waals surface area contributed by atoms with E-state index in [1.807, 2.05) is 47.9 Å². The number of hydrogen-bond donors (Lipinski definition) is 3. The largest absolute Gasteiger partial charge is 0.496 e. The van der Waals surface area contributed by atoms with E-state index in [1.165, 1.54) is 0 Å². The third-order valence-electron chi connectivity index (χ3n) is 7.40. The molecule has 0 spiro atoms. The first-order valence-corrected chi connectivity index (χ1v) is 12.6. The Morgan fingerprint density at radius 3 is 2.54 bits per heavy atom. The van der Waals surface area contributed by atoms with Gasteiger partial charge < -0.3 is 25.1 Å². The molecule has 3 N–H and O–H groups in total. The first-order valence-electron chi connectivity index (χ1n) is 12.6. The number of fused-ring (bicyclic) bond motifs is 1. The molecule has 5 rings (SSSR count). The van der Waals surface area contributed by atoms with Crippen LogP contribution in [0.15, 0.2) is 41.2 Å². The number of carbonyl (C=O) groups excluding carboxylic acids is 1. The fourth-order valence-electron chi connectivity index (χ4n) is 5.41. The van der Waals surface area contributed by atoms with Gasteiger partial charge in [-0.3, -0.25) is 9.36 Å². The molecular weight excluding hydrogens is 444 g/mol. The molecule has 0 atom stereocenters. The highest BCUT2D eigenvalue weighted by Gasteiger charge is 2.29. The van der Waals surface area contributed by atoms with Crippen LogP contribution in [0.4, 0.5) is 5.69 Å². The Hall–Kier alpha value is -3.26. The van der Waals surface area contributed by atoms with Crippen molar-refractivity contribution in [1.82, 2.24) is 14.9 Å². The maximum Gasteiger partial charge on any atom is 0.326 e. The van der Waals surface area contributed by atoms with E-state index < -0.39 is 0 Å². The lowest BCUT2D eigenvalue weighted by atomic mass is 9.85. The van der Waals surface area contributed by atoms with Crippen molar-refractivity contribution < 1.29 is 14.3 Å². The van der Waals surface area contributed by atoms with Crippen LogP contribution in [-0.2, 0) is 4.79 Å². The summed E-state index contributed by atoms with van der Waals surface area (Å²) in [5.41, 5.74) is 3.31. The standard InChI is InChI=1S/C27H34N4O4/c1-17-6-9-19(16-24(17)34-2)29-26(32)18-7-10-20(11-8-18)31-22-4-3-5-23(25(22)30-27(31)33)35-21-12-14-28-15-13-21/h3-6,9,16,18,20-21,28H,7-8,10-15H2,1-2H3,(H,29,32)(H,30,33). The molecule has 1 aliphatic carbocycles. The lowest BCUT2D eigenvalue weighted by Crippen LogP contribution is -2.34. The van der Waals surface area contributed by atoms with E-state index in [9.17, 15) is 9.59 Å². The zero-order valence-corrected chi connectivity index (χ0v) is 20.4. The van der Waals surface area contributed by atoms with Crippen molar-refractivity contribution in [2.45, 2.75) is 57.6 Å². The molecule has 35 heavy (non-hydrogen) atoms. The zero-order valence-electron chi connectivity index (χ0n) is 20.4. The molecule has 8 heteroatoms. The van der Waals surface area contributed by atoms with Crippen LogP contribution in [0.3, 0.4) is 0 Å². The number of ether oxygens (including phenoxy) is 2.